The molecular weight excluding hydrogens is 300 g/mol. The van der Waals surface area contributed by atoms with E-state index < -0.39 is 0 Å². The van der Waals surface area contributed by atoms with E-state index in [1.165, 1.54) is 6.42 Å². The fourth-order valence-corrected chi connectivity index (χ4v) is 4.32. The van der Waals surface area contributed by atoms with Crippen molar-refractivity contribution in [3.63, 3.8) is 0 Å². The topological polar surface area (TPSA) is 44.0 Å². The number of hydrogen-bond donors (Lipinski definition) is 0. The summed E-state index contributed by atoms with van der Waals surface area (Å²) < 4.78 is 3.46. The molecule has 0 amide bonds. The molecule has 2 aliphatic carbocycles. The Labute approximate surface area is 141 Å². The second kappa shape index (κ2) is 6.42. The first-order valence-electron chi connectivity index (χ1n) is 9.16. The van der Waals surface area contributed by atoms with Gasteiger partial charge in [-0.05, 0) is 37.7 Å². The van der Waals surface area contributed by atoms with E-state index in [9.17, 15) is 9.59 Å². The summed E-state index contributed by atoms with van der Waals surface area (Å²) in [6.45, 7) is 0.564. The van der Waals surface area contributed by atoms with Crippen LogP contribution in [0.3, 0.4) is 0 Å². The number of hydrogen-bond acceptors (Lipinski definition) is 2. The highest BCUT2D eigenvalue weighted by Gasteiger charge is 2.27. The fourth-order valence-electron chi connectivity index (χ4n) is 4.32. The van der Waals surface area contributed by atoms with Crippen molar-refractivity contribution in [2.24, 2.45) is 0 Å². The molecule has 1 aromatic carbocycles. The summed E-state index contributed by atoms with van der Waals surface area (Å²) in [7, 11) is 0. The lowest BCUT2D eigenvalue weighted by molar-refractivity contribution is 0.328. The van der Waals surface area contributed by atoms with Gasteiger partial charge in [-0.15, -0.1) is 0 Å². The molecule has 0 bridgehead atoms. The Bertz CT molecular complexity index is 842. The van der Waals surface area contributed by atoms with Gasteiger partial charge in [-0.3, -0.25) is 13.9 Å². The Morgan fingerprint density at radius 1 is 0.917 bits per heavy atom. The predicted molar refractivity (Wildman–Crippen MR) is 94.7 cm³/mol. The number of rotatable bonds is 3. The van der Waals surface area contributed by atoms with Crippen LogP contribution in [-0.2, 0) is 19.4 Å². The molecule has 2 aromatic rings. The van der Waals surface area contributed by atoms with E-state index in [2.05, 4.69) is 0 Å². The lowest BCUT2D eigenvalue weighted by Crippen LogP contribution is -2.45. The molecule has 0 spiro atoms. The van der Waals surface area contributed by atoms with Crippen LogP contribution in [0.5, 0.6) is 0 Å². The van der Waals surface area contributed by atoms with E-state index in [0.717, 1.165) is 61.8 Å². The zero-order chi connectivity index (χ0) is 16.5. The van der Waals surface area contributed by atoms with E-state index in [1.54, 1.807) is 4.57 Å². The molecule has 0 unspecified atom stereocenters. The highest BCUT2D eigenvalue weighted by molar-refractivity contribution is 5.25. The van der Waals surface area contributed by atoms with Crippen molar-refractivity contribution in [1.82, 2.24) is 9.13 Å². The van der Waals surface area contributed by atoms with Crippen LogP contribution >= 0.6 is 0 Å². The first-order chi connectivity index (χ1) is 11.8. The molecule has 4 rings (SSSR count). The molecule has 1 fully saturated rings. The maximum atomic E-state index is 13.2. The minimum Gasteiger partial charge on any atom is -0.293 e. The van der Waals surface area contributed by atoms with Crippen molar-refractivity contribution in [3.05, 3.63) is 68.0 Å². The highest BCUT2D eigenvalue weighted by Crippen LogP contribution is 2.27. The van der Waals surface area contributed by atoms with E-state index in [-0.39, 0.29) is 17.3 Å². The van der Waals surface area contributed by atoms with Gasteiger partial charge in [0.05, 0.1) is 6.54 Å². The molecule has 126 valence electrons. The number of benzene rings is 1. The van der Waals surface area contributed by atoms with Crippen LogP contribution in [0.4, 0.5) is 0 Å². The van der Waals surface area contributed by atoms with E-state index >= 15 is 0 Å². The maximum Gasteiger partial charge on any atom is 0.331 e. The van der Waals surface area contributed by atoms with Crippen LogP contribution in [0, 0.1) is 0 Å². The Kier molecular flexibility index (Phi) is 4.13. The smallest absolute Gasteiger partial charge is 0.293 e. The third-order valence-corrected chi connectivity index (χ3v) is 5.55. The van der Waals surface area contributed by atoms with Gasteiger partial charge in [0.15, 0.2) is 0 Å². The Morgan fingerprint density at radius 3 is 2.42 bits per heavy atom. The molecule has 0 saturated heterocycles. The first-order valence-corrected chi connectivity index (χ1v) is 9.16. The van der Waals surface area contributed by atoms with Crippen molar-refractivity contribution < 1.29 is 0 Å². The fraction of sp³-hybridized carbons (Fsp3) is 0.500. The van der Waals surface area contributed by atoms with Gasteiger partial charge in [-0.2, -0.15) is 0 Å². The van der Waals surface area contributed by atoms with Gasteiger partial charge in [0.2, 0.25) is 0 Å². The third kappa shape index (κ3) is 2.64. The summed E-state index contributed by atoms with van der Waals surface area (Å²) >= 11 is 0. The summed E-state index contributed by atoms with van der Waals surface area (Å²) in [4.78, 5) is 26.1. The van der Waals surface area contributed by atoms with Crippen molar-refractivity contribution in [2.75, 3.05) is 0 Å². The standard InChI is InChI=1S/C20H24N2O2/c23-19-17-12-7-13-18(17)21(14-15-8-3-1-4-9-15)20(24)22(19)16-10-5-2-6-11-16/h1,3-4,8-9,16H,2,5-7,10-14H2. The van der Waals surface area contributed by atoms with Crippen LogP contribution in [-0.4, -0.2) is 9.13 Å². The van der Waals surface area contributed by atoms with Crippen molar-refractivity contribution >= 4 is 0 Å². The van der Waals surface area contributed by atoms with Gasteiger partial charge >= 0.3 is 5.69 Å². The normalized spacial score (nSPS) is 17.8. The minimum absolute atomic E-state index is 0.0105. The van der Waals surface area contributed by atoms with Gasteiger partial charge in [-0.1, -0.05) is 49.6 Å². The summed E-state index contributed by atoms with van der Waals surface area (Å²) in [6, 6.07) is 10.2. The van der Waals surface area contributed by atoms with Gasteiger partial charge in [0.1, 0.15) is 0 Å². The lowest BCUT2D eigenvalue weighted by atomic mass is 9.95. The molecular formula is C20H24N2O2. The summed E-state index contributed by atoms with van der Waals surface area (Å²) in [6.07, 6.45) is 8.01. The van der Waals surface area contributed by atoms with Gasteiger partial charge < -0.3 is 0 Å². The summed E-state index contributed by atoms with van der Waals surface area (Å²) in [5, 5.41) is 0. The molecule has 24 heavy (non-hydrogen) atoms. The van der Waals surface area contributed by atoms with Crippen LogP contribution in [0.15, 0.2) is 39.9 Å². The molecule has 1 saturated carbocycles. The monoisotopic (exact) mass is 324 g/mol. The lowest BCUT2D eigenvalue weighted by Gasteiger charge is -2.25. The van der Waals surface area contributed by atoms with Crippen LogP contribution in [0.2, 0.25) is 0 Å². The average molecular weight is 324 g/mol. The molecule has 0 N–H and O–H groups in total. The molecule has 0 aliphatic heterocycles. The number of fused-ring (bicyclic) bond motifs is 1. The van der Waals surface area contributed by atoms with Crippen LogP contribution in [0.25, 0.3) is 0 Å². The second-order valence-electron chi connectivity index (χ2n) is 7.10. The Balaban J connectivity index is 1.85. The third-order valence-electron chi connectivity index (χ3n) is 5.55. The van der Waals surface area contributed by atoms with Gasteiger partial charge in [0, 0.05) is 17.3 Å². The summed E-state index contributed by atoms with van der Waals surface area (Å²) in [5.41, 5.74) is 2.86. The number of nitrogens with zero attached hydrogens (tertiary/aromatic N) is 2. The molecule has 4 heteroatoms. The molecule has 1 heterocycles. The first kappa shape index (κ1) is 15.4. The molecule has 2 aliphatic rings. The maximum absolute atomic E-state index is 13.2. The largest absolute Gasteiger partial charge is 0.331 e. The molecule has 1 aromatic heterocycles. The Hall–Kier alpha value is -2.10. The summed E-state index contributed by atoms with van der Waals surface area (Å²) in [5.74, 6) is 0. The van der Waals surface area contributed by atoms with Crippen molar-refractivity contribution in [2.45, 2.75) is 64.0 Å². The SMILES string of the molecule is O=c1c2c(n(Cc3ccccc3)c(=O)n1C1CCCCC1)CCC2. The van der Waals surface area contributed by atoms with Gasteiger partial charge in [-0.25, -0.2) is 4.79 Å². The predicted octanol–water partition coefficient (Wildman–Crippen LogP) is 3.05. The van der Waals surface area contributed by atoms with E-state index in [0.29, 0.717) is 6.54 Å². The molecule has 4 nitrogen and oxygen atoms in total. The minimum atomic E-state index is -0.101. The molecule has 0 radical (unpaired) electrons. The van der Waals surface area contributed by atoms with Crippen molar-refractivity contribution in [3.8, 4) is 0 Å². The van der Waals surface area contributed by atoms with Crippen LogP contribution < -0.4 is 11.2 Å². The zero-order valence-corrected chi connectivity index (χ0v) is 14.0. The highest BCUT2D eigenvalue weighted by atomic mass is 16.2. The van der Waals surface area contributed by atoms with Crippen LogP contribution in [0.1, 0.15) is 61.4 Å². The van der Waals surface area contributed by atoms with E-state index in [4.69, 9.17) is 0 Å². The van der Waals surface area contributed by atoms with Crippen molar-refractivity contribution in [1.29, 1.82) is 0 Å². The Morgan fingerprint density at radius 2 is 1.67 bits per heavy atom. The molecule has 0 atom stereocenters. The zero-order valence-electron chi connectivity index (χ0n) is 14.0. The second-order valence-corrected chi connectivity index (χ2v) is 7.10. The number of aromatic nitrogens is 2. The van der Waals surface area contributed by atoms with Gasteiger partial charge in [0.25, 0.3) is 5.56 Å². The average Bonchev–Trinajstić information content (AvgIpc) is 3.11. The quantitative estimate of drug-likeness (QED) is 0.871. The van der Waals surface area contributed by atoms with E-state index in [1.807, 2.05) is 34.9 Å².